The molecule has 1 aromatic heterocycles. The average molecular weight is 417 g/mol. The van der Waals surface area contributed by atoms with Crippen LogP contribution >= 0.6 is 22.9 Å². The van der Waals surface area contributed by atoms with Gasteiger partial charge in [0.05, 0.1) is 26.6 Å². The summed E-state index contributed by atoms with van der Waals surface area (Å²) >= 11 is 6.85. The van der Waals surface area contributed by atoms with Crippen LogP contribution in [0.1, 0.15) is 6.92 Å². The normalized spacial score (nSPS) is 12.4. The lowest BCUT2D eigenvalue weighted by Crippen LogP contribution is -2.12. The molecule has 0 bridgehead atoms. The molecule has 10 heteroatoms. The summed E-state index contributed by atoms with van der Waals surface area (Å²) in [6, 6.07) is 10.6. The molecular formula is C15H13ClN2O4S3. The van der Waals surface area contributed by atoms with Crippen LogP contribution in [-0.2, 0) is 19.9 Å². The van der Waals surface area contributed by atoms with Crippen molar-refractivity contribution in [2.45, 2.75) is 16.2 Å². The quantitative estimate of drug-likeness (QED) is 0.686. The highest BCUT2D eigenvalue weighted by Gasteiger charge is 2.19. The number of fused-ring (bicyclic) bond motifs is 1. The van der Waals surface area contributed by atoms with Crippen molar-refractivity contribution in [3.05, 3.63) is 47.5 Å². The number of thiazole rings is 1. The topological polar surface area (TPSA) is 93.2 Å². The van der Waals surface area contributed by atoms with Gasteiger partial charge in [-0.1, -0.05) is 24.6 Å². The molecule has 3 rings (SSSR count). The van der Waals surface area contributed by atoms with Gasteiger partial charge in [0, 0.05) is 5.02 Å². The molecule has 0 fully saturated rings. The van der Waals surface area contributed by atoms with Gasteiger partial charge in [0.25, 0.3) is 10.0 Å². The maximum atomic E-state index is 12.4. The number of sulfone groups is 1. The second kappa shape index (κ2) is 6.56. The summed E-state index contributed by atoms with van der Waals surface area (Å²) in [5.74, 6) is -0.0406. The molecule has 3 aromatic rings. The lowest BCUT2D eigenvalue weighted by Gasteiger charge is -2.08. The van der Waals surface area contributed by atoms with E-state index in [-0.39, 0.29) is 15.0 Å². The first kappa shape index (κ1) is 18.1. The second-order valence-electron chi connectivity index (χ2n) is 5.13. The summed E-state index contributed by atoms with van der Waals surface area (Å²) in [6.45, 7) is 1.55. The minimum Gasteiger partial charge on any atom is -0.280 e. The number of hydrogen-bond acceptors (Lipinski definition) is 6. The van der Waals surface area contributed by atoms with Crippen molar-refractivity contribution in [2.75, 3.05) is 10.5 Å². The Kier molecular flexibility index (Phi) is 4.76. The van der Waals surface area contributed by atoms with Crippen molar-refractivity contribution in [1.82, 2.24) is 4.98 Å². The number of anilines is 1. The largest absolute Gasteiger partial charge is 0.280 e. The van der Waals surface area contributed by atoms with E-state index in [4.69, 9.17) is 11.6 Å². The molecule has 0 aliphatic carbocycles. The smallest absolute Gasteiger partial charge is 0.261 e. The van der Waals surface area contributed by atoms with Crippen LogP contribution in [0, 0.1) is 0 Å². The Morgan fingerprint density at radius 3 is 2.56 bits per heavy atom. The zero-order valence-electron chi connectivity index (χ0n) is 12.9. The van der Waals surface area contributed by atoms with Crippen LogP contribution in [-0.4, -0.2) is 27.6 Å². The highest BCUT2D eigenvalue weighted by molar-refractivity contribution is 7.93. The van der Waals surface area contributed by atoms with Gasteiger partial charge in [0.2, 0.25) is 14.2 Å². The molecule has 0 saturated heterocycles. The monoisotopic (exact) mass is 416 g/mol. The van der Waals surface area contributed by atoms with Crippen molar-refractivity contribution in [3.8, 4) is 0 Å². The number of nitrogens with zero attached hydrogens (tertiary/aromatic N) is 1. The van der Waals surface area contributed by atoms with Crippen LogP contribution in [0.5, 0.6) is 0 Å². The zero-order chi connectivity index (χ0) is 18.2. The van der Waals surface area contributed by atoms with Crippen LogP contribution in [0.15, 0.2) is 51.7 Å². The lowest BCUT2D eigenvalue weighted by molar-refractivity contribution is 0.596. The summed E-state index contributed by atoms with van der Waals surface area (Å²) in [5, 5.41) is 0.315. The van der Waals surface area contributed by atoms with E-state index in [2.05, 4.69) is 9.71 Å². The Bertz CT molecular complexity index is 1150. The molecule has 0 saturated carbocycles. The van der Waals surface area contributed by atoms with E-state index in [0.29, 0.717) is 20.9 Å². The van der Waals surface area contributed by atoms with Gasteiger partial charge in [-0.25, -0.2) is 21.8 Å². The molecular weight excluding hydrogens is 404 g/mol. The fraction of sp³-hybridized carbons (Fsp3) is 0.133. The summed E-state index contributed by atoms with van der Waals surface area (Å²) in [7, 11) is -7.20. The van der Waals surface area contributed by atoms with Crippen LogP contribution < -0.4 is 4.72 Å². The second-order valence-corrected chi connectivity index (χ2v) is 10.7. The summed E-state index contributed by atoms with van der Waals surface area (Å²) < 4.78 is 51.8. The molecule has 0 spiro atoms. The average Bonchev–Trinajstić information content (AvgIpc) is 2.98. The molecule has 0 radical (unpaired) electrons. The Morgan fingerprint density at radius 2 is 1.88 bits per heavy atom. The highest BCUT2D eigenvalue weighted by Crippen LogP contribution is 2.29. The Balaban J connectivity index is 1.97. The van der Waals surface area contributed by atoms with Crippen molar-refractivity contribution in [2.24, 2.45) is 0 Å². The van der Waals surface area contributed by atoms with Crippen LogP contribution in [0.2, 0.25) is 5.02 Å². The molecule has 0 atom stereocenters. The summed E-state index contributed by atoms with van der Waals surface area (Å²) in [6.07, 6.45) is 0. The van der Waals surface area contributed by atoms with Crippen LogP contribution in [0.4, 0.5) is 5.69 Å². The molecule has 0 unspecified atom stereocenters. The minimum atomic E-state index is -3.80. The predicted octanol–water partition coefficient (Wildman–Crippen LogP) is 3.54. The zero-order valence-corrected chi connectivity index (χ0v) is 16.1. The van der Waals surface area contributed by atoms with Crippen molar-refractivity contribution in [3.63, 3.8) is 0 Å². The minimum absolute atomic E-state index is 0.0276. The van der Waals surface area contributed by atoms with E-state index < -0.39 is 19.9 Å². The third kappa shape index (κ3) is 3.79. The number of aromatic nitrogens is 1. The molecule has 1 N–H and O–H groups in total. The number of sulfonamides is 1. The van der Waals surface area contributed by atoms with Crippen LogP contribution in [0.25, 0.3) is 10.2 Å². The van der Waals surface area contributed by atoms with E-state index >= 15 is 0 Å². The fourth-order valence-electron chi connectivity index (χ4n) is 2.07. The SMILES string of the molecule is CCS(=O)(=O)c1nc2ccc(NS(=O)(=O)c3cccc(Cl)c3)cc2s1. The van der Waals surface area contributed by atoms with Gasteiger partial charge in [0.1, 0.15) is 0 Å². The third-order valence-electron chi connectivity index (χ3n) is 3.37. The first-order valence-electron chi connectivity index (χ1n) is 7.13. The number of benzene rings is 2. The number of nitrogens with one attached hydrogen (secondary N) is 1. The first-order chi connectivity index (χ1) is 11.7. The Morgan fingerprint density at radius 1 is 1.12 bits per heavy atom. The molecule has 25 heavy (non-hydrogen) atoms. The van der Waals surface area contributed by atoms with E-state index in [0.717, 1.165) is 11.3 Å². The molecule has 0 aliphatic rings. The van der Waals surface area contributed by atoms with Gasteiger partial charge in [-0.05, 0) is 36.4 Å². The van der Waals surface area contributed by atoms with E-state index in [1.807, 2.05) is 0 Å². The molecule has 0 amide bonds. The highest BCUT2D eigenvalue weighted by atomic mass is 35.5. The third-order valence-corrected chi connectivity index (χ3v) is 8.20. The maximum Gasteiger partial charge on any atom is 0.261 e. The van der Waals surface area contributed by atoms with Gasteiger partial charge < -0.3 is 0 Å². The van der Waals surface area contributed by atoms with Gasteiger partial charge >= 0.3 is 0 Å². The molecule has 0 aliphatic heterocycles. The van der Waals surface area contributed by atoms with Gasteiger partial charge in [-0.3, -0.25) is 4.72 Å². The van der Waals surface area contributed by atoms with Gasteiger partial charge in [0.15, 0.2) is 0 Å². The van der Waals surface area contributed by atoms with E-state index in [9.17, 15) is 16.8 Å². The summed E-state index contributed by atoms with van der Waals surface area (Å²) in [4.78, 5) is 4.14. The van der Waals surface area contributed by atoms with Gasteiger partial charge in [-0.2, -0.15) is 0 Å². The molecule has 6 nitrogen and oxygen atoms in total. The van der Waals surface area contributed by atoms with E-state index in [1.54, 1.807) is 31.2 Å². The number of halogens is 1. The maximum absolute atomic E-state index is 12.4. The molecule has 132 valence electrons. The number of hydrogen-bond donors (Lipinski definition) is 1. The standard InChI is InChI=1S/C15H13ClN2O4S3/c1-2-24(19,20)15-17-13-7-6-11(9-14(13)23-15)18-25(21,22)12-5-3-4-10(16)8-12/h3-9,18H,2H2,1H3. The fourth-order valence-corrected chi connectivity index (χ4v) is 5.77. The Hall–Kier alpha value is -1.68. The van der Waals surface area contributed by atoms with Crippen LogP contribution in [0.3, 0.4) is 0 Å². The van der Waals surface area contributed by atoms with Crippen molar-refractivity contribution in [1.29, 1.82) is 0 Å². The summed E-state index contributed by atoms with van der Waals surface area (Å²) in [5.41, 5.74) is 0.819. The van der Waals surface area contributed by atoms with E-state index in [1.165, 1.54) is 18.2 Å². The Labute approximate surface area is 154 Å². The predicted molar refractivity (Wildman–Crippen MR) is 99.6 cm³/mol. The van der Waals surface area contributed by atoms with Crippen molar-refractivity contribution < 1.29 is 16.8 Å². The molecule has 1 heterocycles. The lowest BCUT2D eigenvalue weighted by atomic mass is 10.3. The van der Waals surface area contributed by atoms with Gasteiger partial charge in [-0.15, -0.1) is 11.3 Å². The first-order valence-corrected chi connectivity index (χ1v) is 11.5. The molecule has 2 aromatic carbocycles. The van der Waals surface area contributed by atoms with Crippen molar-refractivity contribution >= 4 is 58.7 Å². The number of rotatable bonds is 5.